The molecule has 0 aromatic carbocycles. The molecule has 6 heteroatoms. The van der Waals surface area contributed by atoms with Crippen LogP contribution in [-0.2, 0) is 12.8 Å². The van der Waals surface area contributed by atoms with Gasteiger partial charge in [-0.1, -0.05) is 137 Å². The summed E-state index contributed by atoms with van der Waals surface area (Å²) in [6.07, 6.45) is 39.8. The molecule has 0 radical (unpaired) electrons. The van der Waals surface area contributed by atoms with Crippen LogP contribution in [0.15, 0.2) is 36.7 Å². The van der Waals surface area contributed by atoms with Crippen LogP contribution in [0, 0.1) is 0 Å². The van der Waals surface area contributed by atoms with Crippen molar-refractivity contribution in [3.05, 3.63) is 48.0 Å². The maximum Gasteiger partial charge on any atom is 0.212 e. The van der Waals surface area contributed by atoms with Crippen LogP contribution in [0.4, 0.5) is 11.4 Å². The van der Waals surface area contributed by atoms with Gasteiger partial charge in [0.2, 0.25) is 9.90 Å². The van der Waals surface area contributed by atoms with Gasteiger partial charge in [0, 0.05) is 74.4 Å². The summed E-state index contributed by atoms with van der Waals surface area (Å²) < 4.78 is 4.99. The first-order chi connectivity index (χ1) is 25.0. The van der Waals surface area contributed by atoms with Gasteiger partial charge in [0.25, 0.3) is 0 Å². The van der Waals surface area contributed by atoms with Crippen molar-refractivity contribution >= 4 is 43.2 Å². The summed E-state index contributed by atoms with van der Waals surface area (Å²) >= 11 is 8.14. The van der Waals surface area contributed by atoms with E-state index in [9.17, 15) is 0 Å². The Bertz CT molecular complexity index is 1020. The molecule has 2 aromatic heterocycles. The number of nitrogens with one attached hydrogen (secondary N) is 2. The predicted octanol–water partition coefficient (Wildman–Crippen LogP) is 14.5. The lowest BCUT2D eigenvalue weighted by atomic mass is 10.1. The van der Waals surface area contributed by atoms with Crippen molar-refractivity contribution in [3.8, 4) is 0 Å². The molecule has 0 saturated heterocycles. The number of aromatic nitrogens is 2. The van der Waals surface area contributed by atoms with Crippen molar-refractivity contribution in [3.63, 3.8) is 0 Å². The number of nitrogens with zero attached hydrogens (tertiary/aromatic N) is 2. The number of rotatable bonds is 34. The number of alkyl halides is 2. The van der Waals surface area contributed by atoms with E-state index < -0.39 is 0 Å². The Balaban J connectivity index is 1.72. The van der Waals surface area contributed by atoms with E-state index >= 15 is 0 Å². The van der Waals surface area contributed by atoms with Gasteiger partial charge in [-0.25, -0.2) is 0 Å². The summed E-state index contributed by atoms with van der Waals surface area (Å²) in [4.78, 5) is 0.749. The van der Waals surface area contributed by atoms with E-state index in [1.54, 1.807) is 0 Å². The quantitative estimate of drug-likeness (QED) is 0.0418. The summed E-state index contributed by atoms with van der Waals surface area (Å²) in [7, 11) is 0. The van der Waals surface area contributed by atoms with Gasteiger partial charge in [-0.3, -0.25) is 0 Å². The minimum absolute atomic E-state index is 0.374. The molecule has 292 valence electrons. The Kier molecular flexibility index (Phi) is 28.2. The molecular formula is C45H80Br2N4+2. The first-order valence-electron chi connectivity index (χ1n) is 21.9. The summed E-state index contributed by atoms with van der Waals surface area (Å²) in [6.45, 7) is 11.3. The lowest BCUT2D eigenvalue weighted by molar-refractivity contribution is -0.705. The van der Waals surface area contributed by atoms with Crippen molar-refractivity contribution in [2.45, 2.75) is 211 Å². The number of hydrogen-bond donors (Lipinski definition) is 2. The van der Waals surface area contributed by atoms with Crippen molar-refractivity contribution in [1.29, 1.82) is 0 Å². The van der Waals surface area contributed by atoms with Crippen LogP contribution in [0.5, 0.6) is 0 Å². The van der Waals surface area contributed by atoms with E-state index in [0.29, 0.717) is 9.90 Å². The van der Waals surface area contributed by atoms with Crippen LogP contribution in [-0.4, -0.2) is 13.1 Å². The Labute approximate surface area is 333 Å². The molecule has 2 aromatic rings. The highest BCUT2D eigenvalue weighted by molar-refractivity contribution is 9.09. The van der Waals surface area contributed by atoms with Crippen molar-refractivity contribution < 1.29 is 9.13 Å². The van der Waals surface area contributed by atoms with E-state index in [-0.39, 0.29) is 0 Å². The van der Waals surface area contributed by atoms with Crippen LogP contribution in [0.1, 0.15) is 210 Å². The van der Waals surface area contributed by atoms with Crippen LogP contribution in [0.25, 0.3) is 0 Å². The highest BCUT2D eigenvalue weighted by Gasteiger charge is 2.21. The molecule has 51 heavy (non-hydrogen) atoms. The van der Waals surface area contributed by atoms with E-state index in [2.05, 4.69) is 116 Å². The Hall–Kier alpha value is -1.14. The van der Waals surface area contributed by atoms with Gasteiger partial charge in [-0.15, -0.1) is 0 Å². The number of hydrogen-bond acceptors (Lipinski definition) is 2. The topological polar surface area (TPSA) is 31.8 Å². The number of unbranched alkanes of at least 4 members (excludes halogenated alkanes) is 18. The molecule has 0 saturated carbocycles. The highest BCUT2D eigenvalue weighted by Crippen LogP contribution is 2.23. The second-order valence-corrected chi connectivity index (χ2v) is 17.3. The minimum atomic E-state index is 0.374. The van der Waals surface area contributed by atoms with E-state index in [1.165, 1.54) is 183 Å². The van der Waals surface area contributed by atoms with E-state index in [4.69, 9.17) is 0 Å². The molecular weight excluding hydrogens is 756 g/mol. The van der Waals surface area contributed by atoms with Crippen molar-refractivity contribution in [2.75, 3.05) is 23.7 Å². The third-order valence-corrected chi connectivity index (χ3v) is 12.2. The third kappa shape index (κ3) is 21.4. The Morgan fingerprint density at radius 1 is 0.451 bits per heavy atom. The van der Waals surface area contributed by atoms with Gasteiger partial charge in [0.15, 0.2) is 23.8 Å². The summed E-state index contributed by atoms with van der Waals surface area (Å²) in [6, 6.07) is 9.40. The second-order valence-electron chi connectivity index (χ2n) is 15.1. The van der Waals surface area contributed by atoms with Crippen LogP contribution in [0.2, 0.25) is 0 Å². The van der Waals surface area contributed by atoms with Crippen molar-refractivity contribution in [2.24, 2.45) is 0 Å². The molecule has 2 unspecified atom stereocenters. The standard InChI is InChI=1S/C45H78Br2N4/c1-5-9-13-15-17-22-26-34-48-40-32-36-50(42(38-40)28-11-7-3)44(46)30-24-20-19-21-25-31-45(47)51-37-33-41(39-43(51)29-12-8-4)49-35-27-23-18-16-14-10-6-2/h32-33,36-39,44-45H,5-31,34-35H2,1-4H3/p+2. The largest absolute Gasteiger partial charge is 0.385 e. The number of anilines is 2. The van der Waals surface area contributed by atoms with E-state index in [0.717, 1.165) is 25.9 Å². The normalized spacial score (nSPS) is 12.7. The zero-order valence-corrected chi connectivity index (χ0v) is 36.9. The van der Waals surface area contributed by atoms with Crippen LogP contribution in [0.3, 0.4) is 0 Å². The van der Waals surface area contributed by atoms with E-state index in [1.807, 2.05) is 0 Å². The van der Waals surface area contributed by atoms with Crippen LogP contribution < -0.4 is 19.8 Å². The molecule has 0 aliphatic rings. The smallest absolute Gasteiger partial charge is 0.212 e. The summed E-state index contributed by atoms with van der Waals surface area (Å²) in [5.74, 6) is 0. The number of pyridine rings is 2. The minimum Gasteiger partial charge on any atom is -0.385 e. The van der Waals surface area contributed by atoms with Gasteiger partial charge < -0.3 is 10.6 Å². The first kappa shape index (κ1) is 46.0. The lowest BCUT2D eigenvalue weighted by Gasteiger charge is -2.13. The molecule has 0 amide bonds. The molecule has 2 heterocycles. The monoisotopic (exact) mass is 834 g/mol. The average molecular weight is 837 g/mol. The van der Waals surface area contributed by atoms with Gasteiger partial charge in [-0.05, 0) is 70.4 Å². The van der Waals surface area contributed by atoms with Gasteiger partial charge in [0.05, 0.1) is 0 Å². The maximum atomic E-state index is 4.07. The molecule has 2 atom stereocenters. The molecule has 2 rings (SSSR count). The van der Waals surface area contributed by atoms with Crippen molar-refractivity contribution in [1.82, 2.24) is 0 Å². The van der Waals surface area contributed by atoms with Crippen LogP contribution >= 0.6 is 31.9 Å². The maximum absolute atomic E-state index is 4.07. The fourth-order valence-electron chi connectivity index (χ4n) is 7.07. The van der Waals surface area contributed by atoms with Gasteiger partial charge in [0.1, 0.15) is 0 Å². The number of aryl methyl sites for hydroxylation is 2. The average Bonchev–Trinajstić information content (AvgIpc) is 3.14. The fraction of sp³-hybridized carbons (Fsp3) is 0.778. The number of halogens is 2. The predicted molar refractivity (Wildman–Crippen MR) is 232 cm³/mol. The first-order valence-corrected chi connectivity index (χ1v) is 23.7. The molecule has 0 fully saturated rings. The molecule has 0 spiro atoms. The molecule has 0 aliphatic heterocycles. The molecule has 4 nitrogen and oxygen atoms in total. The third-order valence-electron chi connectivity index (χ3n) is 10.4. The zero-order valence-electron chi connectivity index (χ0n) is 33.8. The molecule has 2 N–H and O–H groups in total. The summed E-state index contributed by atoms with van der Waals surface area (Å²) in [5.41, 5.74) is 5.49. The molecule has 0 bridgehead atoms. The zero-order chi connectivity index (χ0) is 36.8. The fourth-order valence-corrected chi connectivity index (χ4v) is 8.51. The van der Waals surface area contributed by atoms with Gasteiger partial charge >= 0.3 is 0 Å². The summed E-state index contributed by atoms with van der Waals surface area (Å²) in [5, 5.41) is 7.43. The van der Waals surface area contributed by atoms with Gasteiger partial charge in [-0.2, -0.15) is 9.13 Å². The highest BCUT2D eigenvalue weighted by atomic mass is 79.9. The Morgan fingerprint density at radius 2 is 0.784 bits per heavy atom. The second kappa shape index (κ2) is 31.2. The lowest BCUT2D eigenvalue weighted by Crippen LogP contribution is -2.40. The molecule has 0 aliphatic carbocycles. The Morgan fingerprint density at radius 3 is 1.16 bits per heavy atom. The SMILES string of the molecule is CCCCCCCCCNc1cc[n+](C(Br)CCCCCCCC(Br)[n+]2ccc(NCCCCCCCCC)cc2CCCC)c(CCCC)c1.